The third kappa shape index (κ3) is 2.49. The summed E-state index contributed by atoms with van der Waals surface area (Å²) in [5, 5.41) is 5.15. The average Bonchev–Trinajstić information content (AvgIpc) is 2.94. The number of thiophene rings is 1. The maximum Gasteiger partial charge on any atom is 0.163 e. The first-order valence-corrected chi connectivity index (χ1v) is 7.57. The Morgan fingerprint density at radius 3 is 2.95 bits per heavy atom. The second kappa shape index (κ2) is 5.54. The van der Waals surface area contributed by atoms with E-state index in [-0.39, 0.29) is 0 Å². The standard InChI is InChI=1S/C15H16N4S/c1-3-4-11-8-14(16-2)19-15(18-11)10-7-13-12(17-9-10)5-6-20-13/h5-9H,3-4H2,1-2H3,(H,16,18,19). The molecule has 0 unspecified atom stereocenters. The Balaban J connectivity index is 2.09. The molecule has 0 atom stereocenters. The van der Waals surface area contributed by atoms with Crippen molar-refractivity contribution in [2.45, 2.75) is 19.8 Å². The van der Waals surface area contributed by atoms with E-state index in [1.807, 2.05) is 25.4 Å². The smallest absolute Gasteiger partial charge is 0.163 e. The zero-order valence-corrected chi connectivity index (χ0v) is 12.4. The van der Waals surface area contributed by atoms with Gasteiger partial charge in [0.25, 0.3) is 0 Å². The van der Waals surface area contributed by atoms with E-state index in [1.54, 1.807) is 11.3 Å². The van der Waals surface area contributed by atoms with Crippen LogP contribution in [0.4, 0.5) is 5.82 Å². The molecule has 20 heavy (non-hydrogen) atoms. The molecule has 0 saturated heterocycles. The molecule has 0 fully saturated rings. The van der Waals surface area contributed by atoms with Crippen LogP contribution in [0.3, 0.4) is 0 Å². The van der Waals surface area contributed by atoms with Crippen molar-refractivity contribution in [2.75, 3.05) is 12.4 Å². The molecule has 4 nitrogen and oxygen atoms in total. The Hall–Kier alpha value is -2.01. The fraction of sp³-hybridized carbons (Fsp3) is 0.267. The van der Waals surface area contributed by atoms with Gasteiger partial charge >= 0.3 is 0 Å². The first kappa shape index (κ1) is 13.0. The van der Waals surface area contributed by atoms with E-state index in [0.717, 1.165) is 46.0 Å². The Morgan fingerprint density at radius 1 is 1.25 bits per heavy atom. The van der Waals surface area contributed by atoms with Gasteiger partial charge in [-0.25, -0.2) is 9.97 Å². The summed E-state index contributed by atoms with van der Waals surface area (Å²) in [6.45, 7) is 2.15. The lowest BCUT2D eigenvalue weighted by molar-refractivity contribution is 0.876. The Labute approximate surface area is 121 Å². The number of hydrogen-bond acceptors (Lipinski definition) is 5. The van der Waals surface area contributed by atoms with Gasteiger partial charge in [0.2, 0.25) is 0 Å². The fourth-order valence-corrected chi connectivity index (χ4v) is 2.89. The van der Waals surface area contributed by atoms with Crippen LogP contribution >= 0.6 is 11.3 Å². The molecule has 5 heteroatoms. The maximum atomic E-state index is 4.65. The highest BCUT2D eigenvalue weighted by Crippen LogP contribution is 2.25. The molecule has 0 aliphatic carbocycles. The molecule has 3 aromatic rings. The van der Waals surface area contributed by atoms with Gasteiger partial charge in [0.15, 0.2) is 5.82 Å². The van der Waals surface area contributed by atoms with Crippen LogP contribution in [0.5, 0.6) is 0 Å². The number of pyridine rings is 1. The van der Waals surface area contributed by atoms with Gasteiger partial charge in [0.05, 0.1) is 10.2 Å². The number of nitrogens with one attached hydrogen (secondary N) is 1. The van der Waals surface area contributed by atoms with E-state index in [2.05, 4.69) is 38.6 Å². The number of rotatable bonds is 4. The molecule has 0 amide bonds. The van der Waals surface area contributed by atoms with Crippen LogP contribution in [0, 0.1) is 0 Å². The van der Waals surface area contributed by atoms with Crippen LogP contribution in [0.25, 0.3) is 21.6 Å². The van der Waals surface area contributed by atoms with Crippen LogP contribution in [0.1, 0.15) is 19.0 Å². The van der Waals surface area contributed by atoms with Gasteiger partial charge in [-0.15, -0.1) is 11.3 Å². The Morgan fingerprint density at radius 2 is 2.15 bits per heavy atom. The van der Waals surface area contributed by atoms with Crippen molar-refractivity contribution in [1.29, 1.82) is 0 Å². The highest BCUT2D eigenvalue weighted by atomic mass is 32.1. The van der Waals surface area contributed by atoms with Crippen molar-refractivity contribution in [3.63, 3.8) is 0 Å². The van der Waals surface area contributed by atoms with Gasteiger partial charge in [-0.05, 0) is 23.9 Å². The molecule has 0 saturated carbocycles. The molecule has 0 aromatic carbocycles. The van der Waals surface area contributed by atoms with Gasteiger partial charge in [0, 0.05) is 30.6 Å². The largest absolute Gasteiger partial charge is 0.373 e. The number of hydrogen-bond donors (Lipinski definition) is 1. The van der Waals surface area contributed by atoms with Gasteiger partial charge < -0.3 is 5.32 Å². The summed E-state index contributed by atoms with van der Waals surface area (Å²) in [7, 11) is 1.88. The molecule has 0 aliphatic heterocycles. The molecule has 0 aliphatic rings. The van der Waals surface area contributed by atoms with Crippen molar-refractivity contribution in [3.05, 3.63) is 35.5 Å². The van der Waals surface area contributed by atoms with Crippen LogP contribution in [-0.2, 0) is 6.42 Å². The van der Waals surface area contributed by atoms with Crippen LogP contribution in [0.2, 0.25) is 0 Å². The van der Waals surface area contributed by atoms with E-state index >= 15 is 0 Å². The summed E-state index contributed by atoms with van der Waals surface area (Å²) in [5.41, 5.74) is 3.06. The van der Waals surface area contributed by atoms with E-state index in [4.69, 9.17) is 0 Å². The van der Waals surface area contributed by atoms with E-state index in [0.29, 0.717) is 0 Å². The Bertz CT molecular complexity index is 736. The van der Waals surface area contributed by atoms with Crippen molar-refractivity contribution in [1.82, 2.24) is 15.0 Å². The molecule has 0 radical (unpaired) electrons. The zero-order valence-electron chi connectivity index (χ0n) is 11.6. The molecule has 0 spiro atoms. The number of aryl methyl sites for hydroxylation is 1. The predicted octanol–water partition coefficient (Wildman–Crippen LogP) is 3.75. The van der Waals surface area contributed by atoms with E-state index < -0.39 is 0 Å². The summed E-state index contributed by atoms with van der Waals surface area (Å²) < 4.78 is 1.16. The number of fused-ring (bicyclic) bond motifs is 1. The van der Waals surface area contributed by atoms with Crippen LogP contribution in [-0.4, -0.2) is 22.0 Å². The van der Waals surface area contributed by atoms with Crippen molar-refractivity contribution < 1.29 is 0 Å². The van der Waals surface area contributed by atoms with Crippen LogP contribution < -0.4 is 5.32 Å². The highest BCUT2D eigenvalue weighted by molar-refractivity contribution is 7.17. The van der Waals surface area contributed by atoms with Gasteiger partial charge in [-0.1, -0.05) is 13.3 Å². The summed E-state index contributed by atoms with van der Waals surface area (Å²) >= 11 is 1.69. The molecule has 3 rings (SSSR count). The lowest BCUT2D eigenvalue weighted by atomic mass is 10.2. The molecule has 3 aromatic heterocycles. The van der Waals surface area contributed by atoms with Gasteiger partial charge in [-0.3, -0.25) is 4.98 Å². The second-order valence-electron chi connectivity index (χ2n) is 4.60. The number of nitrogens with zero attached hydrogens (tertiary/aromatic N) is 3. The Kier molecular flexibility index (Phi) is 3.60. The fourth-order valence-electron chi connectivity index (χ4n) is 2.11. The summed E-state index contributed by atoms with van der Waals surface area (Å²) in [5.74, 6) is 1.59. The zero-order chi connectivity index (χ0) is 13.9. The maximum absolute atomic E-state index is 4.65. The topological polar surface area (TPSA) is 50.7 Å². The number of anilines is 1. The summed E-state index contributed by atoms with van der Waals surface area (Å²) in [4.78, 5) is 13.6. The minimum atomic E-state index is 0.739. The number of aromatic nitrogens is 3. The molecule has 0 bridgehead atoms. The van der Waals surface area contributed by atoms with E-state index in [9.17, 15) is 0 Å². The monoisotopic (exact) mass is 284 g/mol. The highest BCUT2D eigenvalue weighted by Gasteiger charge is 2.08. The normalized spacial score (nSPS) is 10.9. The molecular weight excluding hydrogens is 268 g/mol. The lowest BCUT2D eigenvalue weighted by Gasteiger charge is -2.07. The van der Waals surface area contributed by atoms with Gasteiger partial charge in [-0.2, -0.15) is 0 Å². The van der Waals surface area contributed by atoms with Crippen molar-refractivity contribution in [2.24, 2.45) is 0 Å². The molecule has 102 valence electrons. The van der Waals surface area contributed by atoms with Crippen molar-refractivity contribution >= 4 is 27.4 Å². The van der Waals surface area contributed by atoms with Crippen LogP contribution in [0.15, 0.2) is 29.8 Å². The summed E-state index contributed by atoms with van der Waals surface area (Å²) in [6, 6.07) is 6.14. The first-order chi connectivity index (χ1) is 9.80. The summed E-state index contributed by atoms with van der Waals surface area (Å²) in [6.07, 6.45) is 3.88. The SMILES string of the molecule is CCCc1cc(NC)nc(-c2cnc3ccsc3c2)n1. The minimum absolute atomic E-state index is 0.739. The third-order valence-corrected chi connectivity index (χ3v) is 3.96. The quantitative estimate of drug-likeness (QED) is 0.792. The predicted molar refractivity (Wildman–Crippen MR) is 84.2 cm³/mol. The van der Waals surface area contributed by atoms with Crippen molar-refractivity contribution in [3.8, 4) is 11.4 Å². The molecular formula is C15H16N4S. The van der Waals surface area contributed by atoms with E-state index in [1.165, 1.54) is 0 Å². The lowest BCUT2D eigenvalue weighted by Crippen LogP contribution is -2.01. The second-order valence-corrected chi connectivity index (χ2v) is 5.54. The molecule has 3 heterocycles. The minimum Gasteiger partial charge on any atom is -0.373 e. The first-order valence-electron chi connectivity index (χ1n) is 6.69. The average molecular weight is 284 g/mol. The molecule has 1 N–H and O–H groups in total. The van der Waals surface area contributed by atoms with Gasteiger partial charge in [0.1, 0.15) is 5.82 Å². The third-order valence-electron chi connectivity index (χ3n) is 3.10.